The van der Waals surface area contributed by atoms with Crippen molar-refractivity contribution in [3.8, 4) is 5.40 Å². The number of nitrogens with zero attached hydrogens (tertiary/aromatic N) is 3. The first-order valence-electron chi connectivity index (χ1n) is 4.81. The van der Waals surface area contributed by atoms with Gasteiger partial charge in [0, 0.05) is 11.8 Å². The van der Waals surface area contributed by atoms with Gasteiger partial charge < -0.3 is 4.40 Å². The highest BCUT2D eigenvalue weighted by atomic mass is 32.2. The molecule has 0 radical (unpaired) electrons. The van der Waals surface area contributed by atoms with Crippen molar-refractivity contribution in [1.82, 2.24) is 9.38 Å². The average Bonchev–Trinajstić information content (AvgIpc) is 2.73. The summed E-state index contributed by atoms with van der Waals surface area (Å²) in [5.74, 6) is 0. The summed E-state index contributed by atoms with van der Waals surface area (Å²) in [7, 11) is 0. The van der Waals surface area contributed by atoms with E-state index in [1.807, 2.05) is 42.6 Å². The first kappa shape index (κ1) is 9.25. The molecular formula is C12H7N3S. The molecule has 0 bridgehead atoms. The van der Waals surface area contributed by atoms with Crippen LogP contribution in [0.5, 0.6) is 0 Å². The average molecular weight is 225 g/mol. The third-order valence-electron chi connectivity index (χ3n) is 2.48. The van der Waals surface area contributed by atoms with Gasteiger partial charge in [-0.3, -0.25) is 4.98 Å². The summed E-state index contributed by atoms with van der Waals surface area (Å²) < 4.78 is 2.05. The highest BCUT2D eigenvalue weighted by Gasteiger charge is 2.05. The van der Waals surface area contributed by atoms with Crippen LogP contribution in [0.25, 0.3) is 16.6 Å². The molecule has 0 saturated heterocycles. The fraction of sp³-hybridized carbons (Fsp3) is 0. The van der Waals surface area contributed by atoms with E-state index in [2.05, 4.69) is 14.8 Å². The second-order valence-electron chi connectivity index (χ2n) is 3.37. The summed E-state index contributed by atoms with van der Waals surface area (Å²) in [5.41, 5.74) is 2.98. The van der Waals surface area contributed by atoms with Crippen molar-refractivity contribution in [2.24, 2.45) is 0 Å². The van der Waals surface area contributed by atoms with Gasteiger partial charge in [-0.25, -0.2) is 0 Å². The molecule has 2 aromatic heterocycles. The van der Waals surface area contributed by atoms with Gasteiger partial charge in [0.05, 0.1) is 27.8 Å². The predicted octanol–water partition coefficient (Wildman–Crippen LogP) is 3.06. The Hall–Kier alpha value is -1.99. The highest BCUT2D eigenvalue weighted by Crippen LogP contribution is 2.24. The Morgan fingerprint density at radius 1 is 1.19 bits per heavy atom. The molecule has 0 aliphatic rings. The number of rotatable bonds is 1. The predicted molar refractivity (Wildman–Crippen MR) is 64.2 cm³/mol. The molecule has 0 atom stereocenters. The van der Waals surface area contributed by atoms with E-state index in [0.717, 1.165) is 21.6 Å². The summed E-state index contributed by atoms with van der Waals surface area (Å²) >= 11 is 1.17. The van der Waals surface area contributed by atoms with Crippen molar-refractivity contribution in [3.05, 3.63) is 42.6 Å². The molecule has 0 saturated carbocycles. The lowest BCUT2D eigenvalue weighted by Crippen LogP contribution is -1.90. The smallest absolute Gasteiger partial charge is 0.140 e. The van der Waals surface area contributed by atoms with E-state index >= 15 is 0 Å². The van der Waals surface area contributed by atoms with Crippen LogP contribution in [-0.4, -0.2) is 9.38 Å². The molecule has 3 aromatic rings. The highest BCUT2D eigenvalue weighted by molar-refractivity contribution is 8.03. The molecule has 4 heteroatoms. The minimum absolute atomic E-state index is 0.927. The molecule has 16 heavy (non-hydrogen) atoms. The largest absolute Gasteiger partial charge is 0.300 e. The molecule has 0 aliphatic carbocycles. The minimum Gasteiger partial charge on any atom is -0.300 e. The van der Waals surface area contributed by atoms with Gasteiger partial charge in [0.15, 0.2) is 0 Å². The van der Waals surface area contributed by atoms with Crippen LogP contribution in [0.1, 0.15) is 0 Å². The number of fused-ring (bicyclic) bond motifs is 3. The van der Waals surface area contributed by atoms with Gasteiger partial charge in [0.25, 0.3) is 0 Å². The van der Waals surface area contributed by atoms with Gasteiger partial charge in [-0.05, 0) is 24.3 Å². The van der Waals surface area contributed by atoms with Crippen molar-refractivity contribution < 1.29 is 0 Å². The number of hydrogen-bond acceptors (Lipinski definition) is 3. The minimum atomic E-state index is 0.927. The van der Waals surface area contributed by atoms with Crippen LogP contribution in [0.4, 0.5) is 0 Å². The monoisotopic (exact) mass is 225 g/mol. The molecule has 76 valence electrons. The lowest BCUT2D eigenvalue weighted by atomic mass is 10.3. The Morgan fingerprint density at radius 2 is 2.06 bits per heavy atom. The van der Waals surface area contributed by atoms with Gasteiger partial charge >= 0.3 is 0 Å². The SMILES string of the molecule is N#CSc1ccc2cnc3ccccc3n12. The number of thiocyanates is 1. The fourth-order valence-electron chi connectivity index (χ4n) is 1.82. The van der Waals surface area contributed by atoms with Crippen LogP contribution >= 0.6 is 11.8 Å². The standard InChI is InChI=1S/C12H7N3S/c13-8-16-12-6-5-9-7-14-10-3-1-2-4-11(10)15(9)12/h1-7H. The zero-order valence-corrected chi connectivity index (χ0v) is 9.11. The van der Waals surface area contributed by atoms with E-state index in [1.165, 1.54) is 11.8 Å². The third-order valence-corrected chi connectivity index (χ3v) is 3.10. The van der Waals surface area contributed by atoms with Crippen LogP contribution in [0, 0.1) is 10.7 Å². The summed E-state index contributed by atoms with van der Waals surface area (Å²) in [6.45, 7) is 0. The van der Waals surface area contributed by atoms with Crippen LogP contribution in [-0.2, 0) is 0 Å². The second kappa shape index (κ2) is 3.54. The third kappa shape index (κ3) is 1.26. The first-order valence-corrected chi connectivity index (χ1v) is 5.63. The Kier molecular flexibility index (Phi) is 2.05. The van der Waals surface area contributed by atoms with Crippen molar-refractivity contribution in [1.29, 1.82) is 5.26 Å². The Balaban J connectivity index is 2.48. The van der Waals surface area contributed by atoms with Crippen molar-refractivity contribution in [3.63, 3.8) is 0 Å². The number of benzene rings is 1. The summed E-state index contributed by atoms with van der Waals surface area (Å²) in [5, 5.41) is 11.8. The summed E-state index contributed by atoms with van der Waals surface area (Å²) in [6, 6.07) is 11.8. The van der Waals surface area contributed by atoms with Gasteiger partial charge in [0.1, 0.15) is 5.40 Å². The van der Waals surface area contributed by atoms with Gasteiger partial charge in [-0.1, -0.05) is 12.1 Å². The maximum Gasteiger partial charge on any atom is 0.140 e. The molecule has 0 aliphatic heterocycles. The van der Waals surface area contributed by atoms with Gasteiger partial charge in [-0.2, -0.15) is 5.26 Å². The van der Waals surface area contributed by atoms with E-state index < -0.39 is 0 Å². The molecule has 3 nitrogen and oxygen atoms in total. The molecule has 1 aromatic carbocycles. The molecule has 0 fully saturated rings. The van der Waals surface area contributed by atoms with E-state index in [4.69, 9.17) is 5.26 Å². The zero-order valence-electron chi connectivity index (χ0n) is 8.29. The van der Waals surface area contributed by atoms with Gasteiger partial charge in [-0.15, -0.1) is 0 Å². The second-order valence-corrected chi connectivity index (χ2v) is 4.18. The lowest BCUT2D eigenvalue weighted by molar-refractivity contribution is 1.09. The van der Waals surface area contributed by atoms with Crippen molar-refractivity contribution >= 4 is 28.3 Å². The van der Waals surface area contributed by atoms with Crippen molar-refractivity contribution in [2.45, 2.75) is 5.03 Å². The summed E-state index contributed by atoms with van der Waals surface area (Å²) in [6.07, 6.45) is 1.82. The topological polar surface area (TPSA) is 41.1 Å². The fourth-order valence-corrected chi connectivity index (χ4v) is 2.34. The maximum atomic E-state index is 8.75. The van der Waals surface area contributed by atoms with Crippen molar-refractivity contribution in [2.75, 3.05) is 0 Å². The van der Waals surface area contributed by atoms with Crippen LogP contribution in [0.15, 0.2) is 47.6 Å². The maximum absolute atomic E-state index is 8.75. The number of hydrogen-bond donors (Lipinski definition) is 0. The zero-order chi connectivity index (χ0) is 11.0. The number of para-hydroxylation sites is 2. The number of thioether (sulfide) groups is 1. The van der Waals surface area contributed by atoms with E-state index in [0.29, 0.717) is 0 Å². The van der Waals surface area contributed by atoms with Crippen LogP contribution < -0.4 is 0 Å². The molecule has 0 amide bonds. The number of aromatic nitrogens is 2. The van der Waals surface area contributed by atoms with E-state index in [-0.39, 0.29) is 0 Å². The normalized spacial score (nSPS) is 10.7. The molecule has 0 N–H and O–H groups in total. The quantitative estimate of drug-likeness (QED) is 0.472. The van der Waals surface area contributed by atoms with Crippen LogP contribution in [0.2, 0.25) is 0 Å². The molecular weight excluding hydrogens is 218 g/mol. The van der Waals surface area contributed by atoms with E-state index in [9.17, 15) is 0 Å². The van der Waals surface area contributed by atoms with Crippen LogP contribution in [0.3, 0.4) is 0 Å². The first-order chi connectivity index (χ1) is 7.90. The van der Waals surface area contributed by atoms with E-state index in [1.54, 1.807) is 0 Å². The lowest BCUT2D eigenvalue weighted by Gasteiger charge is -2.03. The molecule has 2 heterocycles. The number of nitriles is 1. The Morgan fingerprint density at radius 3 is 2.94 bits per heavy atom. The molecule has 3 rings (SSSR count). The summed E-state index contributed by atoms with van der Waals surface area (Å²) in [4.78, 5) is 4.37. The Labute approximate surface area is 96.3 Å². The Bertz CT molecular complexity index is 709. The molecule has 0 unspecified atom stereocenters. The van der Waals surface area contributed by atoms with Gasteiger partial charge in [0.2, 0.25) is 0 Å². The molecule has 0 spiro atoms.